The van der Waals surface area contributed by atoms with Crippen LogP contribution in [-0.2, 0) is 10.2 Å². The molecule has 0 N–H and O–H groups in total. The van der Waals surface area contributed by atoms with Gasteiger partial charge < -0.3 is 4.74 Å². The Morgan fingerprint density at radius 3 is 2.88 bits per heavy atom. The maximum absolute atomic E-state index is 6.10. The highest BCUT2D eigenvalue weighted by molar-refractivity contribution is 5.50. The molecule has 2 aliphatic heterocycles. The molecular formula is C16H16O. The van der Waals surface area contributed by atoms with E-state index >= 15 is 0 Å². The van der Waals surface area contributed by atoms with Crippen LogP contribution in [-0.4, -0.2) is 12.2 Å². The lowest BCUT2D eigenvalue weighted by Crippen LogP contribution is -2.38. The van der Waals surface area contributed by atoms with Crippen molar-refractivity contribution in [1.29, 1.82) is 0 Å². The molecule has 1 fully saturated rings. The molecule has 3 atom stereocenters. The molecule has 0 radical (unpaired) electrons. The van der Waals surface area contributed by atoms with E-state index in [4.69, 9.17) is 4.74 Å². The van der Waals surface area contributed by atoms with Crippen LogP contribution in [0.4, 0.5) is 0 Å². The molecular weight excluding hydrogens is 208 g/mol. The molecule has 1 aromatic rings. The minimum absolute atomic E-state index is 0.152. The number of allylic oxidation sites excluding steroid dienone is 1. The molecule has 2 heterocycles. The summed E-state index contributed by atoms with van der Waals surface area (Å²) >= 11 is 0. The smallest absolute Gasteiger partial charge is 0.0986 e. The largest absolute Gasteiger partial charge is 0.361 e. The van der Waals surface area contributed by atoms with Crippen molar-refractivity contribution in [2.75, 3.05) is 0 Å². The molecule has 1 saturated heterocycles. The van der Waals surface area contributed by atoms with Crippen LogP contribution in [0.5, 0.6) is 0 Å². The van der Waals surface area contributed by atoms with Crippen molar-refractivity contribution >= 4 is 0 Å². The zero-order valence-electron chi connectivity index (χ0n) is 9.80. The Labute approximate surface area is 102 Å². The van der Waals surface area contributed by atoms with E-state index < -0.39 is 0 Å². The monoisotopic (exact) mass is 224 g/mol. The second kappa shape index (κ2) is 3.33. The summed E-state index contributed by atoms with van der Waals surface area (Å²) < 4.78 is 6.10. The molecule has 0 aromatic heterocycles. The number of hydrogen-bond acceptors (Lipinski definition) is 1. The first-order valence-corrected chi connectivity index (χ1v) is 6.51. The van der Waals surface area contributed by atoms with E-state index in [9.17, 15) is 0 Å². The summed E-state index contributed by atoms with van der Waals surface area (Å²) in [5.74, 6) is 0. The lowest BCUT2D eigenvalue weighted by molar-refractivity contribution is 0.0993. The molecule has 1 heteroatoms. The summed E-state index contributed by atoms with van der Waals surface area (Å²) in [7, 11) is 0. The van der Waals surface area contributed by atoms with Gasteiger partial charge in [0, 0.05) is 5.41 Å². The van der Waals surface area contributed by atoms with Gasteiger partial charge in [-0.3, -0.25) is 0 Å². The van der Waals surface area contributed by atoms with Crippen molar-refractivity contribution in [3.8, 4) is 0 Å². The van der Waals surface area contributed by atoms with Gasteiger partial charge in [0.05, 0.1) is 12.2 Å². The van der Waals surface area contributed by atoms with Crippen LogP contribution in [0, 0.1) is 0 Å². The lowest BCUT2D eigenvalue weighted by atomic mass is 9.63. The van der Waals surface area contributed by atoms with Crippen molar-refractivity contribution in [3.63, 3.8) is 0 Å². The molecule has 0 spiro atoms. The maximum Gasteiger partial charge on any atom is 0.0986 e. The molecule has 4 rings (SSSR count). The number of benzene rings is 1. The molecule has 0 saturated carbocycles. The van der Waals surface area contributed by atoms with Crippen LogP contribution in [0.25, 0.3) is 0 Å². The van der Waals surface area contributed by atoms with Gasteiger partial charge in [0.2, 0.25) is 0 Å². The van der Waals surface area contributed by atoms with E-state index in [0.717, 1.165) is 0 Å². The Morgan fingerprint density at radius 1 is 1.12 bits per heavy atom. The third-order valence-corrected chi connectivity index (χ3v) is 4.49. The fourth-order valence-corrected chi connectivity index (χ4v) is 3.76. The third-order valence-electron chi connectivity index (χ3n) is 4.49. The maximum atomic E-state index is 6.10. The fraction of sp³-hybridized carbons (Fsp3) is 0.375. The number of ether oxygens (including phenoxy) is 1. The number of fused-ring (bicyclic) bond motifs is 5. The standard InChI is InChI=1S/C16H16O/c1-2-6-12(7-3-1)16-11-5-4-8-13(16)14-9-10-15(16)17-14/h1-3,6-10,14-15H,4-5,11H2/t14-,15+,16-/m1/s1. The van der Waals surface area contributed by atoms with Gasteiger partial charge >= 0.3 is 0 Å². The van der Waals surface area contributed by atoms with Crippen molar-refractivity contribution in [3.05, 3.63) is 59.7 Å². The topological polar surface area (TPSA) is 9.23 Å². The quantitative estimate of drug-likeness (QED) is 0.664. The van der Waals surface area contributed by atoms with Crippen molar-refractivity contribution in [2.45, 2.75) is 36.9 Å². The van der Waals surface area contributed by atoms with Gasteiger partial charge in [0.25, 0.3) is 0 Å². The molecule has 86 valence electrons. The van der Waals surface area contributed by atoms with E-state index in [1.807, 2.05) is 0 Å². The number of rotatable bonds is 1. The highest BCUT2D eigenvalue weighted by atomic mass is 16.5. The Bertz CT molecular complexity index is 500. The number of hydrogen-bond donors (Lipinski definition) is 0. The molecule has 2 bridgehead atoms. The van der Waals surface area contributed by atoms with E-state index in [-0.39, 0.29) is 17.6 Å². The molecule has 3 aliphatic rings. The molecule has 1 nitrogen and oxygen atoms in total. The first-order valence-electron chi connectivity index (χ1n) is 6.51. The highest BCUT2D eigenvalue weighted by Gasteiger charge is 2.54. The summed E-state index contributed by atoms with van der Waals surface area (Å²) in [4.78, 5) is 0. The SMILES string of the molecule is C1=C[C@H]2O[C@@H]1[C@@]1(c3ccccc3)CCCC=C21. The predicted molar refractivity (Wildman–Crippen MR) is 67.9 cm³/mol. The van der Waals surface area contributed by atoms with Gasteiger partial charge in [-0.1, -0.05) is 48.6 Å². The summed E-state index contributed by atoms with van der Waals surface area (Å²) in [6.07, 6.45) is 11.1. The van der Waals surface area contributed by atoms with E-state index in [1.165, 1.54) is 30.4 Å². The van der Waals surface area contributed by atoms with Crippen LogP contribution in [0.3, 0.4) is 0 Å². The molecule has 0 amide bonds. The van der Waals surface area contributed by atoms with Gasteiger partial charge in [-0.15, -0.1) is 0 Å². The van der Waals surface area contributed by atoms with E-state index in [2.05, 4.69) is 48.6 Å². The molecule has 1 aliphatic carbocycles. The van der Waals surface area contributed by atoms with Gasteiger partial charge in [-0.25, -0.2) is 0 Å². The average molecular weight is 224 g/mol. The highest BCUT2D eigenvalue weighted by Crippen LogP contribution is 2.54. The van der Waals surface area contributed by atoms with Gasteiger partial charge in [0.15, 0.2) is 0 Å². The summed E-state index contributed by atoms with van der Waals surface area (Å²) in [5, 5.41) is 0. The summed E-state index contributed by atoms with van der Waals surface area (Å²) in [6.45, 7) is 0. The van der Waals surface area contributed by atoms with Crippen LogP contribution >= 0.6 is 0 Å². The Balaban J connectivity index is 1.93. The zero-order chi connectivity index (χ0) is 11.3. The van der Waals surface area contributed by atoms with Gasteiger partial charge in [-0.2, -0.15) is 0 Å². The predicted octanol–water partition coefficient (Wildman–Crippen LogP) is 3.37. The zero-order valence-corrected chi connectivity index (χ0v) is 9.80. The molecule has 17 heavy (non-hydrogen) atoms. The van der Waals surface area contributed by atoms with Gasteiger partial charge in [0.1, 0.15) is 0 Å². The van der Waals surface area contributed by atoms with Crippen molar-refractivity contribution < 1.29 is 4.74 Å². The second-order valence-electron chi connectivity index (χ2n) is 5.25. The normalized spacial score (nSPS) is 38.0. The Kier molecular flexibility index (Phi) is 1.89. The molecule has 1 aromatic carbocycles. The lowest BCUT2D eigenvalue weighted by Gasteiger charge is -2.38. The molecule has 0 unspecified atom stereocenters. The minimum Gasteiger partial charge on any atom is -0.361 e. The van der Waals surface area contributed by atoms with Crippen LogP contribution < -0.4 is 0 Å². The fourth-order valence-electron chi connectivity index (χ4n) is 3.76. The van der Waals surface area contributed by atoms with E-state index in [0.29, 0.717) is 0 Å². The average Bonchev–Trinajstić information content (AvgIpc) is 3.00. The Hall–Kier alpha value is -1.34. The van der Waals surface area contributed by atoms with Crippen LogP contribution in [0.2, 0.25) is 0 Å². The first-order chi connectivity index (χ1) is 8.41. The van der Waals surface area contributed by atoms with Crippen molar-refractivity contribution in [1.82, 2.24) is 0 Å². The summed E-state index contributed by atoms with van der Waals surface area (Å²) in [6, 6.07) is 10.9. The van der Waals surface area contributed by atoms with E-state index in [1.54, 1.807) is 0 Å². The second-order valence-corrected chi connectivity index (χ2v) is 5.25. The summed E-state index contributed by atoms with van der Waals surface area (Å²) in [5.41, 5.74) is 3.10. The minimum atomic E-state index is 0.152. The third kappa shape index (κ3) is 1.13. The first kappa shape index (κ1) is 9.67. The van der Waals surface area contributed by atoms with Gasteiger partial charge in [-0.05, 0) is 30.4 Å². The van der Waals surface area contributed by atoms with Crippen LogP contribution in [0.15, 0.2) is 54.1 Å². The Morgan fingerprint density at radius 2 is 2.00 bits per heavy atom. The van der Waals surface area contributed by atoms with Crippen LogP contribution in [0.1, 0.15) is 24.8 Å². The van der Waals surface area contributed by atoms with Crippen molar-refractivity contribution in [2.24, 2.45) is 0 Å².